The maximum atomic E-state index is 6.20. The summed E-state index contributed by atoms with van der Waals surface area (Å²) >= 11 is 6.20. The minimum absolute atomic E-state index is 0.196. The number of hydrogen-bond donors (Lipinski definition) is 0. The molecule has 3 aliphatic heterocycles. The molecule has 0 N–H and O–H groups in total. The van der Waals surface area contributed by atoms with Crippen LogP contribution in [0.5, 0.6) is 5.75 Å². The molecule has 0 bridgehead atoms. The van der Waals surface area contributed by atoms with Crippen LogP contribution < -0.4 is 4.74 Å². The molecule has 3 nitrogen and oxygen atoms in total. The van der Waals surface area contributed by atoms with E-state index in [1.54, 1.807) is 0 Å². The van der Waals surface area contributed by atoms with Gasteiger partial charge in [0.05, 0.1) is 6.61 Å². The van der Waals surface area contributed by atoms with Crippen molar-refractivity contribution in [1.29, 1.82) is 0 Å². The Morgan fingerprint density at radius 2 is 1.90 bits per heavy atom. The van der Waals surface area contributed by atoms with Crippen molar-refractivity contribution < 1.29 is 9.47 Å². The molecule has 0 atom stereocenters. The van der Waals surface area contributed by atoms with Crippen molar-refractivity contribution in [2.75, 3.05) is 32.9 Å². The van der Waals surface area contributed by atoms with Crippen molar-refractivity contribution in [1.82, 2.24) is 4.90 Å². The Balaban J connectivity index is 1.49. The Kier molecular flexibility index (Phi) is 3.60. The van der Waals surface area contributed by atoms with Crippen LogP contribution in [0.15, 0.2) is 18.2 Å². The van der Waals surface area contributed by atoms with Gasteiger partial charge in [-0.15, -0.1) is 0 Å². The van der Waals surface area contributed by atoms with Crippen molar-refractivity contribution in [3.05, 3.63) is 28.8 Å². The Hall–Kier alpha value is -0.770. The summed E-state index contributed by atoms with van der Waals surface area (Å²) in [6.07, 6.45) is 4.73. The number of hydrogen-bond acceptors (Lipinski definition) is 3. The van der Waals surface area contributed by atoms with Gasteiger partial charge in [-0.2, -0.15) is 0 Å². The largest absolute Gasteiger partial charge is 0.492 e. The maximum Gasteiger partial charge on any atom is 0.123 e. The van der Waals surface area contributed by atoms with E-state index in [1.165, 1.54) is 44.3 Å². The molecule has 2 saturated heterocycles. The zero-order valence-corrected chi connectivity index (χ0v) is 13.1. The van der Waals surface area contributed by atoms with E-state index in [-0.39, 0.29) is 5.41 Å². The summed E-state index contributed by atoms with van der Waals surface area (Å²) in [4.78, 5) is 2.66. The second-order valence-corrected chi connectivity index (χ2v) is 7.03. The third-order valence-electron chi connectivity index (χ3n) is 5.48. The molecular formula is C17H22ClNO2. The fraction of sp³-hybridized carbons (Fsp3) is 0.647. The van der Waals surface area contributed by atoms with Crippen molar-refractivity contribution in [2.45, 2.75) is 37.1 Å². The predicted octanol–water partition coefficient (Wildman–Crippen LogP) is 3.25. The molecule has 4 rings (SSSR count). The molecule has 0 aliphatic carbocycles. The van der Waals surface area contributed by atoms with E-state index in [0.29, 0.717) is 0 Å². The van der Waals surface area contributed by atoms with Crippen LogP contribution in [0.4, 0.5) is 0 Å². The zero-order valence-electron chi connectivity index (χ0n) is 12.3. The summed E-state index contributed by atoms with van der Waals surface area (Å²) in [5, 5.41) is 0.825. The van der Waals surface area contributed by atoms with E-state index in [9.17, 15) is 0 Å². The third kappa shape index (κ3) is 2.45. The lowest BCUT2D eigenvalue weighted by Gasteiger charge is -2.43. The standard InChI is InChI=1S/C17H22ClNO2/c18-13-1-2-16-15(11-13)17(12-21-16)5-7-19(8-6-17)14-3-9-20-10-4-14/h1-2,11,14H,3-10,12H2. The van der Waals surface area contributed by atoms with Gasteiger partial charge in [0.2, 0.25) is 0 Å². The van der Waals surface area contributed by atoms with Crippen LogP contribution >= 0.6 is 11.6 Å². The number of piperidine rings is 1. The summed E-state index contributed by atoms with van der Waals surface area (Å²) in [5.41, 5.74) is 1.53. The molecule has 0 saturated carbocycles. The summed E-state index contributed by atoms with van der Waals surface area (Å²) in [6, 6.07) is 6.79. The average Bonchev–Trinajstić information content (AvgIpc) is 2.87. The van der Waals surface area contributed by atoms with Gasteiger partial charge >= 0.3 is 0 Å². The van der Waals surface area contributed by atoms with Gasteiger partial charge in [-0.25, -0.2) is 0 Å². The molecule has 3 heterocycles. The van der Waals surface area contributed by atoms with Crippen LogP contribution in [0.3, 0.4) is 0 Å². The number of benzene rings is 1. The normalized spacial score (nSPS) is 25.8. The highest BCUT2D eigenvalue weighted by atomic mass is 35.5. The first-order valence-corrected chi connectivity index (χ1v) is 8.39. The van der Waals surface area contributed by atoms with Crippen LogP contribution in [0.1, 0.15) is 31.2 Å². The fourth-order valence-corrected chi connectivity index (χ4v) is 4.29. The maximum absolute atomic E-state index is 6.20. The van der Waals surface area contributed by atoms with Gasteiger partial charge in [0, 0.05) is 35.3 Å². The molecule has 0 aromatic heterocycles. The lowest BCUT2D eigenvalue weighted by Crippen LogP contribution is -2.49. The van der Waals surface area contributed by atoms with Crippen molar-refractivity contribution in [3.8, 4) is 5.75 Å². The summed E-state index contributed by atoms with van der Waals surface area (Å²) in [5.74, 6) is 1.04. The second-order valence-electron chi connectivity index (χ2n) is 6.59. The highest BCUT2D eigenvalue weighted by Gasteiger charge is 2.44. The lowest BCUT2D eigenvalue weighted by atomic mass is 9.74. The van der Waals surface area contributed by atoms with Crippen LogP contribution in [0.25, 0.3) is 0 Å². The molecule has 1 aromatic rings. The van der Waals surface area contributed by atoms with Gasteiger partial charge in [-0.3, -0.25) is 0 Å². The highest BCUT2D eigenvalue weighted by molar-refractivity contribution is 6.30. The molecule has 0 amide bonds. The number of fused-ring (bicyclic) bond motifs is 2. The van der Waals surface area contributed by atoms with Crippen LogP contribution in [0, 0.1) is 0 Å². The molecule has 1 aromatic carbocycles. The van der Waals surface area contributed by atoms with Gasteiger partial charge in [0.25, 0.3) is 0 Å². The molecule has 4 heteroatoms. The van der Waals surface area contributed by atoms with Gasteiger partial charge in [0.15, 0.2) is 0 Å². The quantitative estimate of drug-likeness (QED) is 0.795. The van der Waals surface area contributed by atoms with Crippen LogP contribution in [0.2, 0.25) is 5.02 Å². The first-order valence-electron chi connectivity index (χ1n) is 8.01. The number of nitrogens with zero attached hydrogens (tertiary/aromatic N) is 1. The first kappa shape index (κ1) is 13.9. The Morgan fingerprint density at radius 3 is 2.67 bits per heavy atom. The van der Waals surface area contributed by atoms with E-state index in [4.69, 9.17) is 21.1 Å². The minimum atomic E-state index is 0.196. The number of likely N-dealkylation sites (tertiary alicyclic amines) is 1. The van der Waals surface area contributed by atoms with Gasteiger partial charge in [-0.1, -0.05) is 11.6 Å². The molecule has 2 fully saturated rings. The van der Waals surface area contributed by atoms with E-state index in [1.807, 2.05) is 12.1 Å². The van der Waals surface area contributed by atoms with E-state index in [2.05, 4.69) is 11.0 Å². The smallest absolute Gasteiger partial charge is 0.123 e. The second kappa shape index (κ2) is 5.45. The molecular weight excluding hydrogens is 286 g/mol. The van der Waals surface area contributed by atoms with Gasteiger partial charge in [-0.05, 0) is 57.0 Å². The third-order valence-corrected chi connectivity index (χ3v) is 5.71. The van der Waals surface area contributed by atoms with Crippen LogP contribution in [-0.2, 0) is 10.2 Å². The van der Waals surface area contributed by atoms with E-state index >= 15 is 0 Å². The Bertz CT molecular complexity index is 520. The fourth-order valence-electron chi connectivity index (χ4n) is 4.12. The van der Waals surface area contributed by atoms with Crippen molar-refractivity contribution in [2.24, 2.45) is 0 Å². The minimum Gasteiger partial charge on any atom is -0.492 e. The SMILES string of the molecule is Clc1ccc2c(c1)C1(CCN(C3CCOCC3)CC1)CO2. The molecule has 0 radical (unpaired) electrons. The van der Waals surface area contributed by atoms with Crippen molar-refractivity contribution >= 4 is 11.6 Å². The van der Waals surface area contributed by atoms with Crippen LogP contribution in [-0.4, -0.2) is 43.9 Å². The molecule has 21 heavy (non-hydrogen) atoms. The van der Waals surface area contributed by atoms with E-state index < -0.39 is 0 Å². The highest BCUT2D eigenvalue weighted by Crippen LogP contribution is 2.46. The lowest BCUT2D eigenvalue weighted by molar-refractivity contribution is 0.0151. The number of ether oxygens (including phenoxy) is 2. The molecule has 114 valence electrons. The van der Waals surface area contributed by atoms with Gasteiger partial charge < -0.3 is 14.4 Å². The predicted molar refractivity (Wildman–Crippen MR) is 83.3 cm³/mol. The number of halogens is 1. The monoisotopic (exact) mass is 307 g/mol. The Morgan fingerprint density at radius 1 is 1.14 bits per heavy atom. The van der Waals surface area contributed by atoms with Gasteiger partial charge in [0.1, 0.15) is 5.75 Å². The first-order chi connectivity index (χ1) is 10.3. The molecule has 1 spiro atoms. The molecule has 0 unspecified atom stereocenters. The zero-order chi connectivity index (χ0) is 14.3. The summed E-state index contributed by atoms with van der Waals surface area (Å²) < 4.78 is 11.4. The van der Waals surface area contributed by atoms with E-state index in [0.717, 1.165) is 36.6 Å². The summed E-state index contributed by atoms with van der Waals surface area (Å²) in [6.45, 7) is 5.01. The molecule has 3 aliphatic rings. The van der Waals surface area contributed by atoms with Crippen molar-refractivity contribution in [3.63, 3.8) is 0 Å². The topological polar surface area (TPSA) is 21.7 Å². The summed E-state index contributed by atoms with van der Waals surface area (Å²) in [7, 11) is 0. The average molecular weight is 308 g/mol. The Labute approximate surface area is 131 Å². The number of rotatable bonds is 1.